The molecule has 1 amide bonds. The molecule has 4 atom stereocenters. The number of hydrogen-bond acceptors (Lipinski definition) is 7. The molecule has 2 unspecified atom stereocenters. The maximum atomic E-state index is 13.6. The molecule has 0 bridgehead atoms. The topological polar surface area (TPSA) is 93.7 Å². The summed E-state index contributed by atoms with van der Waals surface area (Å²) in [6.07, 6.45) is 5.84. The van der Waals surface area contributed by atoms with Crippen LogP contribution in [0.2, 0.25) is 0 Å². The highest BCUT2D eigenvalue weighted by molar-refractivity contribution is 6.07. The summed E-state index contributed by atoms with van der Waals surface area (Å²) >= 11 is 0. The van der Waals surface area contributed by atoms with E-state index in [2.05, 4.69) is 15.2 Å². The van der Waals surface area contributed by atoms with E-state index in [-0.39, 0.29) is 24.0 Å². The fourth-order valence-corrected chi connectivity index (χ4v) is 6.50. The highest BCUT2D eigenvalue weighted by Crippen LogP contribution is 2.43. The lowest BCUT2D eigenvalue weighted by Crippen LogP contribution is -2.44. The molecule has 2 aromatic heterocycles. The van der Waals surface area contributed by atoms with E-state index in [1.807, 2.05) is 56.3 Å². The monoisotopic (exact) mass is 528 g/mol. The van der Waals surface area contributed by atoms with Crippen LogP contribution >= 0.6 is 0 Å². The van der Waals surface area contributed by atoms with Crippen LogP contribution in [0, 0.1) is 17.8 Å². The van der Waals surface area contributed by atoms with E-state index < -0.39 is 0 Å². The van der Waals surface area contributed by atoms with Crippen molar-refractivity contribution in [3.05, 3.63) is 54.2 Å². The fourth-order valence-electron chi connectivity index (χ4n) is 6.50. The lowest BCUT2D eigenvalue weighted by molar-refractivity contribution is -0.150. The Morgan fingerprint density at radius 1 is 1.05 bits per heavy atom. The maximum Gasteiger partial charge on any atom is 0.323 e. The summed E-state index contributed by atoms with van der Waals surface area (Å²) in [5, 5.41) is 4.17. The van der Waals surface area contributed by atoms with Gasteiger partial charge in [-0.05, 0) is 75.5 Å². The molecule has 3 fully saturated rings. The molecule has 1 saturated heterocycles. The number of amides is 1. The zero-order valence-corrected chi connectivity index (χ0v) is 22.6. The Morgan fingerprint density at radius 3 is 2.49 bits per heavy atom. The van der Waals surface area contributed by atoms with Gasteiger partial charge in [-0.3, -0.25) is 14.5 Å². The van der Waals surface area contributed by atoms with Gasteiger partial charge in [0.25, 0.3) is 5.91 Å². The van der Waals surface area contributed by atoms with Crippen molar-refractivity contribution < 1.29 is 19.1 Å². The van der Waals surface area contributed by atoms with Crippen LogP contribution in [0.1, 0.15) is 49.9 Å². The van der Waals surface area contributed by atoms with E-state index >= 15 is 0 Å². The molecule has 8 nitrogen and oxygen atoms in total. The Hall–Kier alpha value is -3.52. The fraction of sp³-hybridized carbons (Fsp3) is 0.484. The normalized spacial score (nSPS) is 23.4. The molecule has 3 aromatic rings. The van der Waals surface area contributed by atoms with Gasteiger partial charge in [-0.2, -0.15) is 0 Å². The van der Waals surface area contributed by atoms with E-state index in [1.165, 1.54) is 0 Å². The number of fused-ring (bicyclic) bond motifs is 2. The third kappa shape index (κ3) is 5.35. The lowest BCUT2D eigenvalue weighted by atomic mass is 10.0. The third-order valence-electron chi connectivity index (χ3n) is 8.39. The third-order valence-corrected chi connectivity index (χ3v) is 8.39. The van der Waals surface area contributed by atoms with Crippen LogP contribution in [0.4, 0.5) is 0 Å². The predicted molar refractivity (Wildman–Crippen MR) is 148 cm³/mol. The van der Waals surface area contributed by atoms with Crippen molar-refractivity contribution in [2.45, 2.75) is 51.6 Å². The van der Waals surface area contributed by atoms with Crippen LogP contribution in [-0.4, -0.2) is 65.1 Å². The summed E-state index contributed by atoms with van der Waals surface area (Å²) in [6, 6.07) is 13.4. The summed E-state index contributed by atoms with van der Waals surface area (Å²) in [4.78, 5) is 37.8. The SMILES string of the molecule is CCOC(=O)C(C1CC1)N1C[C@H]2CC(NC(=O)c3cc(-c4ccc(OCC)nc4)nc4ccccc34)C[C@H]2C1. The zero-order chi connectivity index (χ0) is 26.9. The first kappa shape index (κ1) is 25.7. The summed E-state index contributed by atoms with van der Waals surface area (Å²) in [7, 11) is 0. The van der Waals surface area contributed by atoms with E-state index in [0.717, 1.165) is 55.2 Å². The van der Waals surface area contributed by atoms with Gasteiger partial charge >= 0.3 is 5.97 Å². The second-order valence-corrected chi connectivity index (χ2v) is 11.0. The molecule has 1 N–H and O–H groups in total. The number of rotatable bonds is 9. The van der Waals surface area contributed by atoms with Crippen molar-refractivity contribution in [3.63, 3.8) is 0 Å². The molecular formula is C31H36N4O4. The number of esters is 1. The van der Waals surface area contributed by atoms with Gasteiger partial charge in [-0.1, -0.05) is 18.2 Å². The number of benzene rings is 1. The molecule has 3 aliphatic rings. The molecule has 2 saturated carbocycles. The molecule has 8 heteroatoms. The Kier molecular flexibility index (Phi) is 7.21. The standard InChI is InChI=1S/C31H36N4O4/c1-3-38-28-12-11-20(16-32-28)27-15-25(24-7-5-6-8-26(24)34-27)30(36)33-23-13-21-17-35(18-22(21)14-23)29(19-9-10-19)31(37)39-4-2/h5-8,11-12,15-16,19,21-23,29H,3-4,9-10,13-14,17-18H2,1-2H3,(H,33,36)/t21-,22+,23?,29?. The van der Waals surface area contributed by atoms with Gasteiger partial charge in [-0.15, -0.1) is 0 Å². The van der Waals surface area contributed by atoms with Crippen LogP contribution in [0.3, 0.4) is 0 Å². The van der Waals surface area contributed by atoms with Crippen LogP contribution in [0.15, 0.2) is 48.7 Å². The average Bonchev–Trinajstić information content (AvgIpc) is 3.59. The van der Waals surface area contributed by atoms with Crippen LogP contribution in [0.5, 0.6) is 5.88 Å². The van der Waals surface area contributed by atoms with Crippen LogP contribution in [-0.2, 0) is 9.53 Å². The van der Waals surface area contributed by atoms with Gasteiger partial charge in [0.15, 0.2) is 0 Å². The molecule has 2 aliphatic carbocycles. The van der Waals surface area contributed by atoms with E-state index in [1.54, 1.807) is 6.20 Å². The number of hydrogen-bond donors (Lipinski definition) is 1. The molecule has 1 aliphatic heterocycles. The first-order chi connectivity index (χ1) is 19.0. The van der Waals surface area contributed by atoms with Gasteiger partial charge in [0.05, 0.1) is 30.0 Å². The number of pyridine rings is 2. The Labute approximate surface area is 229 Å². The number of ether oxygens (including phenoxy) is 2. The molecule has 0 spiro atoms. The first-order valence-corrected chi connectivity index (χ1v) is 14.2. The van der Waals surface area contributed by atoms with Crippen LogP contribution in [0.25, 0.3) is 22.2 Å². The number of aromatic nitrogens is 2. The van der Waals surface area contributed by atoms with Crippen molar-refractivity contribution >= 4 is 22.8 Å². The molecule has 6 rings (SSSR count). The molecular weight excluding hydrogens is 492 g/mol. The Morgan fingerprint density at radius 2 is 1.82 bits per heavy atom. The molecule has 3 heterocycles. The van der Waals surface area contributed by atoms with E-state index in [9.17, 15) is 9.59 Å². The Bertz CT molecular complexity index is 1340. The molecule has 204 valence electrons. The van der Waals surface area contributed by atoms with Gasteiger partial charge in [0.2, 0.25) is 5.88 Å². The van der Waals surface area contributed by atoms with Gasteiger partial charge in [0, 0.05) is 42.3 Å². The number of carbonyl (C=O) groups is 2. The second-order valence-electron chi connectivity index (χ2n) is 11.0. The average molecular weight is 529 g/mol. The zero-order valence-electron chi connectivity index (χ0n) is 22.6. The number of carbonyl (C=O) groups excluding carboxylic acids is 2. The lowest BCUT2D eigenvalue weighted by Gasteiger charge is -2.27. The minimum Gasteiger partial charge on any atom is -0.478 e. The van der Waals surface area contributed by atoms with Crippen molar-refractivity contribution in [2.24, 2.45) is 17.8 Å². The number of nitrogens with zero attached hydrogens (tertiary/aromatic N) is 3. The summed E-state index contributed by atoms with van der Waals surface area (Å²) in [6.45, 7) is 6.59. The van der Waals surface area contributed by atoms with Crippen molar-refractivity contribution in [1.82, 2.24) is 20.2 Å². The second kappa shape index (κ2) is 10.9. The largest absolute Gasteiger partial charge is 0.478 e. The van der Waals surface area contributed by atoms with Gasteiger partial charge in [0.1, 0.15) is 6.04 Å². The van der Waals surface area contributed by atoms with Crippen molar-refractivity contribution in [1.29, 1.82) is 0 Å². The van der Waals surface area contributed by atoms with Crippen molar-refractivity contribution in [2.75, 3.05) is 26.3 Å². The number of para-hydroxylation sites is 1. The smallest absolute Gasteiger partial charge is 0.323 e. The molecule has 39 heavy (non-hydrogen) atoms. The van der Waals surface area contributed by atoms with Gasteiger partial charge < -0.3 is 14.8 Å². The van der Waals surface area contributed by atoms with E-state index in [0.29, 0.717) is 48.1 Å². The maximum absolute atomic E-state index is 13.6. The highest BCUT2D eigenvalue weighted by atomic mass is 16.5. The Balaban J connectivity index is 1.16. The summed E-state index contributed by atoms with van der Waals surface area (Å²) in [5.41, 5.74) is 2.94. The molecule has 1 aromatic carbocycles. The number of nitrogens with one attached hydrogen (secondary N) is 1. The quantitative estimate of drug-likeness (QED) is 0.410. The first-order valence-electron chi connectivity index (χ1n) is 14.2. The highest BCUT2D eigenvalue weighted by Gasteiger charge is 2.48. The van der Waals surface area contributed by atoms with Crippen molar-refractivity contribution in [3.8, 4) is 17.1 Å². The van der Waals surface area contributed by atoms with Gasteiger partial charge in [-0.25, -0.2) is 9.97 Å². The number of likely N-dealkylation sites (tertiary alicyclic amines) is 1. The summed E-state index contributed by atoms with van der Waals surface area (Å²) < 4.78 is 10.9. The minimum atomic E-state index is -0.0951. The minimum absolute atomic E-state index is 0.0621. The summed E-state index contributed by atoms with van der Waals surface area (Å²) in [5.74, 6) is 1.86. The molecule has 0 radical (unpaired) electrons. The van der Waals surface area contributed by atoms with Crippen LogP contribution < -0.4 is 10.1 Å². The van der Waals surface area contributed by atoms with E-state index in [4.69, 9.17) is 14.5 Å². The predicted octanol–water partition coefficient (Wildman–Crippen LogP) is 4.48.